The Bertz CT molecular complexity index is 937. The lowest BCUT2D eigenvalue weighted by molar-refractivity contribution is 0.289. The van der Waals surface area contributed by atoms with E-state index in [1.807, 2.05) is 56.3 Å². The summed E-state index contributed by atoms with van der Waals surface area (Å²) < 4.78 is 7.37. The van der Waals surface area contributed by atoms with Crippen LogP contribution in [0.4, 0.5) is 5.82 Å². The van der Waals surface area contributed by atoms with E-state index in [0.717, 1.165) is 16.7 Å². The van der Waals surface area contributed by atoms with E-state index in [0.29, 0.717) is 19.0 Å². The fourth-order valence-corrected chi connectivity index (χ4v) is 2.72. The molecule has 3 rings (SSSR count). The lowest BCUT2D eigenvalue weighted by atomic mass is 10.1. The van der Waals surface area contributed by atoms with E-state index in [-0.39, 0.29) is 11.4 Å². The maximum absolute atomic E-state index is 9.40. The molecule has 2 aromatic carbocycles. The van der Waals surface area contributed by atoms with Crippen LogP contribution in [0, 0.1) is 25.2 Å². The minimum absolute atomic E-state index is 0.272. The molecule has 1 aromatic heterocycles. The minimum atomic E-state index is 0.272. The first-order valence-electron chi connectivity index (χ1n) is 8.07. The summed E-state index contributed by atoms with van der Waals surface area (Å²) in [5.41, 5.74) is 10.8. The zero-order valence-corrected chi connectivity index (χ0v) is 14.4. The van der Waals surface area contributed by atoms with Gasteiger partial charge in [0.05, 0.1) is 6.54 Å². The van der Waals surface area contributed by atoms with Crippen LogP contribution in [0.2, 0.25) is 0 Å². The second-order valence-electron chi connectivity index (χ2n) is 6.10. The van der Waals surface area contributed by atoms with Gasteiger partial charge in [-0.25, -0.2) is 4.68 Å². The number of hydrogen-bond donors (Lipinski definition) is 1. The molecule has 0 aliphatic carbocycles. The van der Waals surface area contributed by atoms with Crippen molar-refractivity contribution in [1.82, 2.24) is 9.78 Å². The summed E-state index contributed by atoms with van der Waals surface area (Å²) >= 11 is 0. The fourth-order valence-electron chi connectivity index (χ4n) is 2.72. The maximum atomic E-state index is 9.40. The number of nitrogens with two attached hydrogens (primary N) is 1. The molecule has 0 aliphatic heterocycles. The predicted octanol–water partition coefficient (Wildman–Crippen LogP) is 3.58. The molecule has 2 N–H and O–H groups in total. The second-order valence-corrected chi connectivity index (χ2v) is 6.10. The van der Waals surface area contributed by atoms with Gasteiger partial charge in [-0.2, -0.15) is 5.26 Å². The molecule has 0 unspecified atom stereocenters. The van der Waals surface area contributed by atoms with Gasteiger partial charge in [0.2, 0.25) is 0 Å². The Hall–Kier alpha value is -3.26. The number of aromatic nitrogens is 2. The Morgan fingerprint density at radius 3 is 2.36 bits per heavy atom. The van der Waals surface area contributed by atoms with Crippen LogP contribution in [-0.2, 0) is 13.2 Å². The van der Waals surface area contributed by atoms with Gasteiger partial charge in [-0.05, 0) is 25.0 Å². The fraction of sp³-hybridized carbons (Fsp3) is 0.200. The van der Waals surface area contributed by atoms with Crippen molar-refractivity contribution in [3.63, 3.8) is 0 Å². The van der Waals surface area contributed by atoms with Crippen molar-refractivity contribution >= 4 is 5.82 Å². The number of nitriles is 1. The van der Waals surface area contributed by atoms with E-state index in [4.69, 9.17) is 10.5 Å². The minimum Gasteiger partial charge on any atom is -0.471 e. The number of ether oxygens (including phenoxy) is 1. The van der Waals surface area contributed by atoms with Gasteiger partial charge >= 0.3 is 0 Å². The molecule has 0 atom stereocenters. The van der Waals surface area contributed by atoms with Gasteiger partial charge in [0.25, 0.3) is 5.88 Å². The number of nitrogens with zero attached hydrogens (tertiary/aromatic N) is 3. The van der Waals surface area contributed by atoms with E-state index < -0.39 is 0 Å². The Balaban J connectivity index is 1.81. The van der Waals surface area contributed by atoms with Crippen LogP contribution >= 0.6 is 0 Å². The van der Waals surface area contributed by atoms with Crippen LogP contribution in [0.25, 0.3) is 0 Å². The molecule has 0 saturated carbocycles. The number of benzene rings is 2. The summed E-state index contributed by atoms with van der Waals surface area (Å²) in [7, 11) is 0. The number of nitrogen functional groups attached to an aromatic ring is 1. The zero-order chi connectivity index (χ0) is 17.8. The van der Waals surface area contributed by atoms with Crippen molar-refractivity contribution < 1.29 is 4.74 Å². The summed E-state index contributed by atoms with van der Waals surface area (Å²) in [5, 5.41) is 13.8. The van der Waals surface area contributed by atoms with Gasteiger partial charge in [0.1, 0.15) is 18.5 Å². The highest BCUT2D eigenvalue weighted by Crippen LogP contribution is 2.24. The molecule has 0 bridgehead atoms. The van der Waals surface area contributed by atoms with Crippen LogP contribution in [0.5, 0.6) is 5.88 Å². The Labute approximate surface area is 147 Å². The summed E-state index contributed by atoms with van der Waals surface area (Å²) in [6.45, 7) is 4.90. The molecule has 0 fully saturated rings. The van der Waals surface area contributed by atoms with Crippen LogP contribution < -0.4 is 10.5 Å². The maximum Gasteiger partial charge on any atom is 0.253 e. The zero-order valence-electron chi connectivity index (χ0n) is 14.4. The van der Waals surface area contributed by atoms with E-state index in [1.165, 1.54) is 5.56 Å². The number of anilines is 1. The second kappa shape index (κ2) is 7.10. The third kappa shape index (κ3) is 3.81. The molecule has 5 nitrogen and oxygen atoms in total. The molecule has 1 heterocycles. The molecule has 0 saturated heterocycles. The smallest absolute Gasteiger partial charge is 0.253 e. The standard InChI is InChI=1S/C20H20N4O/c1-14-5-3-7-16(9-14)12-24-19(22)18(11-21)20(23-24)25-13-17-8-4-6-15(2)10-17/h3-10H,12-13,22H2,1-2H3. The molecule has 0 aliphatic rings. The van der Waals surface area contributed by atoms with Gasteiger partial charge in [-0.3, -0.25) is 0 Å². The SMILES string of the molecule is Cc1cccc(COc2nn(Cc3cccc(C)c3)c(N)c2C#N)c1. The van der Waals surface area contributed by atoms with Crippen LogP contribution in [-0.4, -0.2) is 9.78 Å². The highest BCUT2D eigenvalue weighted by atomic mass is 16.5. The molecule has 126 valence electrons. The predicted molar refractivity (Wildman–Crippen MR) is 97.1 cm³/mol. The lowest BCUT2D eigenvalue weighted by Gasteiger charge is -2.05. The van der Waals surface area contributed by atoms with Crippen molar-refractivity contribution in [1.29, 1.82) is 5.26 Å². The Morgan fingerprint density at radius 2 is 1.72 bits per heavy atom. The molecule has 5 heteroatoms. The molecule has 0 radical (unpaired) electrons. The molecular formula is C20H20N4O. The number of hydrogen-bond acceptors (Lipinski definition) is 4. The number of aryl methyl sites for hydroxylation is 2. The van der Waals surface area contributed by atoms with Crippen LogP contribution in [0.15, 0.2) is 48.5 Å². The molecular weight excluding hydrogens is 312 g/mol. The van der Waals surface area contributed by atoms with Crippen LogP contribution in [0.3, 0.4) is 0 Å². The largest absolute Gasteiger partial charge is 0.471 e. The summed E-state index contributed by atoms with van der Waals surface area (Å²) in [5.74, 6) is 0.595. The highest BCUT2D eigenvalue weighted by molar-refractivity contribution is 5.55. The Kier molecular flexibility index (Phi) is 4.71. The van der Waals surface area contributed by atoms with Gasteiger partial charge in [0.15, 0.2) is 5.56 Å². The topological polar surface area (TPSA) is 76.9 Å². The summed E-state index contributed by atoms with van der Waals surface area (Å²) in [4.78, 5) is 0. The van der Waals surface area contributed by atoms with E-state index in [9.17, 15) is 5.26 Å². The summed E-state index contributed by atoms with van der Waals surface area (Å²) in [6.07, 6.45) is 0. The third-order valence-electron chi connectivity index (χ3n) is 3.94. The molecule has 25 heavy (non-hydrogen) atoms. The van der Waals surface area contributed by atoms with Gasteiger partial charge in [-0.1, -0.05) is 59.7 Å². The first-order chi connectivity index (χ1) is 12.1. The quantitative estimate of drug-likeness (QED) is 0.774. The average molecular weight is 332 g/mol. The summed E-state index contributed by atoms with van der Waals surface area (Å²) in [6, 6.07) is 18.2. The molecule has 0 spiro atoms. The number of rotatable bonds is 5. The lowest BCUT2D eigenvalue weighted by Crippen LogP contribution is -2.06. The van der Waals surface area contributed by atoms with Crippen LogP contribution in [0.1, 0.15) is 27.8 Å². The average Bonchev–Trinajstić information content (AvgIpc) is 2.88. The van der Waals surface area contributed by atoms with Crippen molar-refractivity contribution in [3.05, 3.63) is 76.3 Å². The van der Waals surface area contributed by atoms with Gasteiger partial charge < -0.3 is 10.5 Å². The van der Waals surface area contributed by atoms with Gasteiger partial charge in [0, 0.05) is 0 Å². The first kappa shape index (κ1) is 16.6. The van der Waals surface area contributed by atoms with E-state index in [2.05, 4.69) is 17.2 Å². The van der Waals surface area contributed by atoms with Gasteiger partial charge in [-0.15, -0.1) is 5.10 Å². The monoisotopic (exact) mass is 332 g/mol. The Morgan fingerprint density at radius 1 is 1.08 bits per heavy atom. The van der Waals surface area contributed by atoms with E-state index in [1.54, 1.807) is 4.68 Å². The molecule has 0 amide bonds. The first-order valence-corrected chi connectivity index (χ1v) is 8.07. The molecule has 3 aromatic rings. The van der Waals surface area contributed by atoms with Crippen molar-refractivity contribution in [2.45, 2.75) is 27.0 Å². The third-order valence-corrected chi connectivity index (χ3v) is 3.94. The van der Waals surface area contributed by atoms with Crippen molar-refractivity contribution in [2.24, 2.45) is 0 Å². The highest BCUT2D eigenvalue weighted by Gasteiger charge is 2.17. The van der Waals surface area contributed by atoms with Crippen molar-refractivity contribution in [3.8, 4) is 11.9 Å². The van der Waals surface area contributed by atoms with Crippen molar-refractivity contribution in [2.75, 3.05) is 5.73 Å². The normalized spacial score (nSPS) is 10.4. The van der Waals surface area contributed by atoms with E-state index >= 15 is 0 Å².